The summed E-state index contributed by atoms with van der Waals surface area (Å²) in [6.07, 6.45) is 0. The Morgan fingerprint density at radius 2 is 1.76 bits per heavy atom. The van der Waals surface area contributed by atoms with E-state index in [9.17, 15) is 14.7 Å². The maximum absolute atomic E-state index is 12.1. The molecule has 0 radical (unpaired) electrons. The van der Waals surface area contributed by atoms with E-state index in [-0.39, 0.29) is 15.9 Å². The van der Waals surface area contributed by atoms with Crippen LogP contribution in [0.1, 0.15) is 22.1 Å². The van der Waals surface area contributed by atoms with Crippen LogP contribution in [0.15, 0.2) is 42.5 Å². The number of pyridine rings is 1. The Hall–Kier alpha value is -2.11. The number of nitrogens with zero attached hydrogens (tertiary/aromatic N) is 1. The van der Waals surface area contributed by atoms with Crippen LogP contribution in [-0.2, 0) is 4.79 Å². The summed E-state index contributed by atoms with van der Waals surface area (Å²) in [5.74, 6) is -1.90. The van der Waals surface area contributed by atoms with Crippen LogP contribution in [0.3, 0.4) is 0 Å². The molecule has 7 heteroatoms. The van der Waals surface area contributed by atoms with Gasteiger partial charge in [-0.25, -0.2) is 9.78 Å². The van der Waals surface area contributed by atoms with Crippen LogP contribution >= 0.6 is 23.2 Å². The second-order valence-corrected chi connectivity index (χ2v) is 4.91. The Morgan fingerprint density at radius 1 is 1.10 bits per heavy atom. The Balaban J connectivity index is 2.27. The van der Waals surface area contributed by atoms with E-state index in [0.717, 1.165) is 0 Å². The van der Waals surface area contributed by atoms with Crippen molar-refractivity contribution < 1.29 is 14.7 Å². The van der Waals surface area contributed by atoms with Crippen molar-refractivity contribution in [1.82, 2.24) is 10.3 Å². The standard InChI is InChI=1S/C14H10Cl2N2O3/c15-9-6-7-10(16)17-12(9)13(19)18-11(14(20)21)8-4-2-1-3-5-8/h1-7,11H,(H,18,19)(H,20,21)/t11-/m1/s1. The molecule has 2 aromatic rings. The van der Waals surface area contributed by atoms with Crippen molar-refractivity contribution in [3.8, 4) is 0 Å². The number of nitrogens with one attached hydrogen (secondary N) is 1. The molecule has 0 aliphatic rings. The van der Waals surface area contributed by atoms with Gasteiger partial charge in [0, 0.05) is 0 Å². The highest BCUT2D eigenvalue weighted by atomic mass is 35.5. The van der Waals surface area contributed by atoms with E-state index in [0.29, 0.717) is 5.56 Å². The van der Waals surface area contributed by atoms with Crippen LogP contribution in [0.5, 0.6) is 0 Å². The van der Waals surface area contributed by atoms with Crippen molar-refractivity contribution >= 4 is 35.1 Å². The second kappa shape index (κ2) is 6.56. The number of hydrogen-bond donors (Lipinski definition) is 2. The Morgan fingerprint density at radius 3 is 2.38 bits per heavy atom. The summed E-state index contributed by atoms with van der Waals surface area (Å²) in [4.78, 5) is 27.3. The van der Waals surface area contributed by atoms with Gasteiger partial charge in [0.2, 0.25) is 0 Å². The second-order valence-electron chi connectivity index (χ2n) is 4.12. The SMILES string of the molecule is O=C(N[C@@H](C(=O)O)c1ccccc1)c1nc(Cl)ccc1Cl. The molecular formula is C14H10Cl2N2O3. The number of carbonyl (C=O) groups is 2. The number of amides is 1. The van der Waals surface area contributed by atoms with Crippen LogP contribution in [0, 0.1) is 0 Å². The van der Waals surface area contributed by atoms with Gasteiger partial charge in [-0.3, -0.25) is 4.79 Å². The molecular weight excluding hydrogens is 315 g/mol. The number of aliphatic carboxylic acids is 1. The molecule has 0 saturated carbocycles. The Kier molecular flexibility index (Phi) is 4.77. The maximum Gasteiger partial charge on any atom is 0.330 e. The first-order valence-electron chi connectivity index (χ1n) is 5.89. The molecule has 2 N–H and O–H groups in total. The van der Waals surface area contributed by atoms with E-state index < -0.39 is 17.9 Å². The predicted octanol–water partition coefficient (Wildman–Crippen LogP) is 2.94. The average molecular weight is 325 g/mol. The highest BCUT2D eigenvalue weighted by Gasteiger charge is 2.24. The lowest BCUT2D eigenvalue weighted by atomic mass is 10.1. The lowest BCUT2D eigenvalue weighted by molar-refractivity contribution is -0.139. The van der Waals surface area contributed by atoms with Crippen LogP contribution in [-0.4, -0.2) is 22.0 Å². The minimum absolute atomic E-state index is 0.0918. The van der Waals surface area contributed by atoms with Crippen LogP contribution in [0.4, 0.5) is 0 Å². The fraction of sp³-hybridized carbons (Fsp3) is 0.0714. The van der Waals surface area contributed by atoms with Crippen molar-refractivity contribution in [1.29, 1.82) is 0 Å². The molecule has 0 bridgehead atoms. The van der Waals surface area contributed by atoms with E-state index in [1.54, 1.807) is 30.3 Å². The molecule has 0 saturated heterocycles. The molecule has 1 aromatic heterocycles. The van der Waals surface area contributed by atoms with E-state index >= 15 is 0 Å². The maximum atomic E-state index is 12.1. The zero-order valence-electron chi connectivity index (χ0n) is 10.6. The van der Waals surface area contributed by atoms with Gasteiger partial charge in [-0.1, -0.05) is 53.5 Å². The molecule has 5 nitrogen and oxygen atoms in total. The Bertz CT molecular complexity index is 677. The molecule has 0 aliphatic carbocycles. The zero-order chi connectivity index (χ0) is 15.4. The van der Waals surface area contributed by atoms with Crippen molar-refractivity contribution in [3.05, 3.63) is 63.9 Å². The monoisotopic (exact) mass is 324 g/mol. The van der Waals surface area contributed by atoms with Gasteiger partial charge in [0.05, 0.1) is 5.02 Å². The molecule has 0 spiro atoms. The fourth-order valence-corrected chi connectivity index (χ4v) is 2.05. The molecule has 21 heavy (non-hydrogen) atoms. The molecule has 108 valence electrons. The van der Waals surface area contributed by atoms with E-state index in [4.69, 9.17) is 23.2 Å². The number of rotatable bonds is 4. The molecule has 0 unspecified atom stereocenters. The van der Waals surface area contributed by atoms with Crippen molar-refractivity contribution in [2.24, 2.45) is 0 Å². The number of carboxylic acid groups (broad SMARTS) is 1. The summed E-state index contributed by atoms with van der Waals surface area (Å²) in [6.45, 7) is 0. The molecule has 1 atom stereocenters. The van der Waals surface area contributed by atoms with Crippen molar-refractivity contribution in [2.75, 3.05) is 0 Å². The molecule has 2 rings (SSSR count). The molecule has 1 amide bonds. The quantitative estimate of drug-likeness (QED) is 0.847. The first kappa shape index (κ1) is 15.3. The number of carboxylic acids is 1. The zero-order valence-corrected chi connectivity index (χ0v) is 12.1. The average Bonchev–Trinajstić information content (AvgIpc) is 2.47. The van der Waals surface area contributed by atoms with Gasteiger partial charge in [0.1, 0.15) is 10.8 Å². The van der Waals surface area contributed by atoms with Crippen molar-refractivity contribution in [2.45, 2.75) is 6.04 Å². The highest BCUT2D eigenvalue weighted by molar-refractivity contribution is 6.34. The van der Waals surface area contributed by atoms with Gasteiger partial charge in [-0.15, -0.1) is 0 Å². The molecule has 1 aromatic carbocycles. The van der Waals surface area contributed by atoms with E-state index in [2.05, 4.69) is 10.3 Å². The third-order valence-electron chi connectivity index (χ3n) is 2.68. The van der Waals surface area contributed by atoms with Gasteiger partial charge in [0.15, 0.2) is 6.04 Å². The van der Waals surface area contributed by atoms with Crippen LogP contribution in [0.2, 0.25) is 10.2 Å². The molecule has 1 heterocycles. The summed E-state index contributed by atoms with van der Waals surface area (Å²) in [7, 11) is 0. The first-order valence-corrected chi connectivity index (χ1v) is 6.65. The number of hydrogen-bond acceptors (Lipinski definition) is 3. The van der Waals surface area contributed by atoms with E-state index in [1.165, 1.54) is 12.1 Å². The van der Waals surface area contributed by atoms with Crippen LogP contribution in [0.25, 0.3) is 0 Å². The summed E-state index contributed by atoms with van der Waals surface area (Å²) in [6, 6.07) is 9.98. The van der Waals surface area contributed by atoms with Gasteiger partial charge in [-0.05, 0) is 17.7 Å². The third kappa shape index (κ3) is 3.71. The first-order chi connectivity index (χ1) is 9.99. The smallest absolute Gasteiger partial charge is 0.330 e. The molecule has 0 fully saturated rings. The van der Waals surface area contributed by atoms with Gasteiger partial charge in [0.25, 0.3) is 5.91 Å². The molecule has 0 aliphatic heterocycles. The van der Waals surface area contributed by atoms with Crippen LogP contribution < -0.4 is 5.32 Å². The normalized spacial score (nSPS) is 11.7. The Labute approximate surface area is 130 Å². The van der Waals surface area contributed by atoms with E-state index in [1.807, 2.05) is 0 Å². The lowest BCUT2D eigenvalue weighted by Crippen LogP contribution is -2.34. The topological polar surface area (TPSA) is 79.3 Å². The van der Waals surface area contributed by atoms with Gasteiger partial charge in [-0.2, -0.15) is 0 Å². The number of benzene rings is 1. The summed E-state index contributed by atoms with van der Waals surface area (Å²) >= 11 is 11.6. The fourth-order valence-electron chi connectivity index (χ4n) is 1.71. The highest BCUT2D eigenvalue weighted by Crippen LogP contribution is 2.19. The van der Waals surface area contributed by atoms with Gasteiger partial charge >= 0.3 is 5.97 Å². The number of halogens is 2. The third-order valence-corrected chi connectivity index (χ3v) is 3.20. The predicted molar refractivity (Wildman–Crippen MR) is 78.5 cm³/mol. The minimum atomic E-state index is -1.20. The number of aromatic nitrogens is 1. The van der Waals surface area contributed by atoms with Crippen molar-refractivity contribution in [3.63, 3.8) is 0 Å². The minimum Gasteiger partial charge on any atom is -0.479 e. The number of carbonyl (C=O) groups excluding carboxylic acids is 1. The lowest BCUT2D eigenvalue weighted by Gasteiger charge is -2.15. The largest absolute Gasteiger partial charge is 0.479 e. The summed E-state index contributed by atoms with van der Waals surface area (Å²) in [5.41, 5.74) is 0.322. The summed E-state index contributed by atoms with van der Waals surface area (Å²) < 4.78 is 0. The summed E-state index contributed by atoms with van der Waals surface area (Å²) in [5, 5.41) is 11.8. The van der Waals surface area contributed by atoms with Gasteiger partial charge < -0.3 is 10.4 Å².